The van der Waals surface area contributed by atoms with Crippen LogP contribution >= 0.6 is 0 Å². The predicted molar refractivity (Wildman–Crippen MR) is 118 cm³/mol. The summed E-state index contributed by atoms with van der Waals surface area (Å²) in [6.45, 7) is 2.38. The summed E-state index contributed by atoms with van der Waals surface area (Å²) in [6.07, 6.45) is 2.39. The van der Waals surface area contributed by atoms with Crippen molar-refractivity contribution < 1.29 is 4.74 Å². The maximum Gasteiger partial charge on any atom is 0.275 e. The van der Waals surface area contributed by atoms with Crippen molar-refractivity contribution in [3.8, 4) is 5.75 Å². The van der Waals surface area contributed by atoms with Crippen molar-refractivity contribution in [3.05, 3.63) is 92.8 Å². The summed E-state index contributed by atoms with van der Waals surface area (Å²) in [7, 11) is 0. The Hall–Kier alpha value is -3.94. The second-order valence-corrected chi connectivity index (χ2v) is 7.55. The smallest absolute Gasteiger partial charge is 0.275 e. The van der Waals surface area contributed by atoms with Crippen molar-refractivity contribution in [1.29, 1.82) is 0 Å². The van der Waals surface area contributed by atoms with E-state index in [9.17, 15) is 9.59 Å². The average Bonchev–Trinajstić information content (AvgIpc) is 2.79. The Morgan fingerprint density at radius 2 is 1.97 bits per heavy atom. The number of H-pyrrole nitrogens is 1. The van der Waals surface area contributed by atoms with Crippen molar-refractivity contribution in [3.63, 3.8) is 0 Å². The van der Waals surface area contributed by atoms with Gasteiger partial charge in [0.2, 0.25) is 5.95 Å². The quantitative estimate of drug-likeness (QED) is 0.531. The summed E-state index contributed by atoms with van der Waals surface area (Å²) in [5.74, 6) is 1.18. The lowest BCUT2D eigenvalue weighted by molar-refractivity contribution is 0.274. The molecule has 0 saturated carbocycles. The summed E-state index contributed by atoms with van der Waals surface area (Å²) in [6, 6.07) is 15.9. The predicted octanol–water partition coefficient (Wildman–Crippen LogP) is 3.02. The lowest BCUT2D eigenvalue weighted by Gasteiger charge is -2.27. The third-order valence-corrected chi connectivity index (χ3v) is 5.55. The molecule has 8 heteroatoms. The number of ether oxygens (including phenoxy) is 1. The molecule has 0 unspecified atom stereocenters. The number of aromatic amines is 1. The van der Waals surface area contributed by atoms with Gasteiger partial charge in [-0.3, -0.25) is 14.6 Å². The van der Waals surface area contributed by atoms with Crippen LogP contribution in [-0.4, -0.2) is 26.4 Å². The molecule has 4 aromatic rings. The molecule has 156 valence electrons. The first-order valence-electron chi connectivity index (χ1n) is 10.2. The number of anilines is 1. The van der Waals surface area contributed by atoms with Gasteiger partial charge in [0.05, 0.1) is 36.0 Å². The number of nitrogens with one attached hydrogen (secondary N) is 2. The zero-order valence-electron chi connectivity index (χ0n) is 16.9. The van der Waals surface area contributed by atoms with Crippen molar-refractivity contribution in [2.24, 2.45) is 0 Å². The number of fused-ring (bicyclic) bond motifs is 2. The van der Waals surface area contributed by atoms with Gasteiger partial charge in [-0.1, -0.05) is 36.4 Å². The molecule has 0 spiro atoms. The Balaban J connectivity index is 1.49. The topological polar surface area (TPSA) is 102 Å². The summed E-state index contributed by atoms with van der Waals surface area (Å²) in [4.78, 5) is 32.6. The average molecular weight is 415 g/mol. The molecule has 2 N–H and O–H groups in total. The van der Waals surface area contributed by atoms with E-state index in [4.69, 9.17) is 4.74 Å². The maximum absolute atomic E-state index is 12.9. The Labute approximate surface area is 177 Å². The molecule has 0 amide bonds. The number of nitrogens with zero attached hydrogens (tertiary/aromatic N) is 3. The summed E-state index contributed by atoms with van der Waals surface area (Å²) in [5.41, 5.74) is 0.952. The number of benzene rings is 2. The lowest BCUT2D eigenvalue weighted by Crippen LogP contribution is -2.28. The fraction of sp³-hybridized carbons (Fsp3) is 0.217. The number of aromatic nitrogens is 4. The van der Waals surface area contributed by atoms with E-state index in [0.29, 0.717) is 23.6 Å². The van der Waals surface area contributed by atoms with Crippen molar-refractivity contribution in [2.75, 3.05) is 11.9 Å². The van der Waals surface area contributed by atoms with Crippen LogP contribution in [0.1, 0.15) is 36.7 Å². The molecule has 0 fully saturated rings. The van der Waals surface area contributed by atoms with Crippen LogP contribution in [-0.2, 0) is 0 Å². The van der Waals surface area contributed by atoms with E-state index in [1.54, 1.807) is 19.2 Å². The zero-order valence-corrected chi connectivity index (χ0v) is 16.9. The molecule has 0 saturated heterocycles. The van der Waals surface area contributed by atoms with Crippen LogP contribution in [0, 0.1) is 0 Å². The van der Waals surface area contributed by atoms with E-state index in [1.807, 2.05) is 42.5 Å². The SMILES string of the molecule is C[C@H](c1cc(=O)[nH]c(N[C@@H]2CCOc3ccccc32)n1)n1ncc2ccccc2c1=O. The molecular formula is C23H21N5O3. The summed E-state index contributed by atoms with van der Waals surface area (Å²) >= 11 is 0. The fourth-order valence-corrected chi connectivity index (χ4v) is 3.92. The van der Waals surface area contributed by atoms with E-state index in [0.717, 1.165) is 23.1 Å². The van der Waals surface area contributed by atoms with Crippen molar-refractivity contribution in [2.45, 2.75) is 25.4 Å². The first-order valence-corrected chi connectivity index (χ1v) is 10.2. The number of para-hydroxylation sites is 1. The normalized spacial score (nSPS) is 16.4. The summed E-state index contributed by atoms with van der Waals surface area (Å²) < 4.78 is 7.06. The minimum absolute atomic E-state index is 0.0415. The standard InChI is InChI=1S/C23H21N5O3/c1-14(28-22(30)16-7-3-2-6-15(16)13-24-28)19-12-21(29)27-23(26-19)25-18-10-11-31-20-9-5-4-8-17(18)20/h2-9,12-14,18H,10-11H2,1H3,(H2,25,26,27,29)/t14-,18-/m1/s1. The molecule has 31 heavy (non-hydrogen) atoms. The Kier molecular flexibility index (Phi) is 4.74. The van der Waals surface area contributed by atoms with Crippen LogP contribution in [0.2, 0.25) is 0 Å². The van der Waals surface area contributed by atoms with Crippen molar-refractivity contribution >= 4 is 16.7 Å². The van der Waals surface area contributed by atoms with Gasteiger partial charge in [0.25, 0.3) is 11.1 Å². The first-order chi connectivity index (χ1) is 15.1. The third-order valence-electron chi connectivity index (χ3n) is 5.55. The van der Waals surface area contributed by atoms with Gasteiger partial charge >= 0.3 is 0 Å². The highest BCUT2D eigenvalue weighted by molar-refractivity contribution is 5.80. The van der Waals surface area contributed by atoms with Gasteiger partial charge < -0.3 is 10.1 Å². The van der Waals surface area contributed by atoms with E-state index in [1.165, 1.54) is 10.7 Å². The lowest BCUT2D eigenvalue weighted by atomic mass is 10.0. The Bertz CT molecular complexity index is 1380. The van der Waals surface area contributed by atoms with E-state index in [2.05, 4.69) is 20.4 Å². The largest absolute Gasteiger partial charge is 0.493 e. The van der Waals surface area contributed by atoms with Crippen LogP contribution in [0.3, 0.4) is 0 Å². The molecular weight excluding hydrogens is 394 g/mol. The molecule has 1 aliphatic heterocycles. The molecule has 2 aromatic heterocycles. The molecule has 2 aromatic carbocycles. The van der Waals surface area contributed by atoms with Crippen LogP contribution < -0.4 is 21.2 Å². The van der Waals surface area contributed by atoms with Gasteiger partial charge in [-0.25, -0.2) is 9.67 Å². The highest BCUT2D eigenvalue weighted by atomic mass is 16.5. The van der Waals surface area contributed by atoms with Gasteiger partial charge in [-0.05, 0) is 19.1 Å². The minimum atomic E-state index is -0.512. The molecule has 1 aliphatic rings. The number of rotatable bonds is 4. The maximum atomic E-state index is 12.9. The number of hydrogen-bond donors (Lipinski definition) is 2. The molecule has 8 nitrogen and oxygen atoms in total. The van der Waals surface area contributed by atoms with Gasteiger partial charge in [0, 0.05) is 23.4 Å². The zero-order chi connectivity index (χ0) is 21.4. The summed E-state index contributed by atoms with van der Waals surface area (Å²) in [5, 5.41) is 8.97. The van der Waals surface area contributed by atoms with Gasteiger partial charge in [0.1, 0.15) is 5.75 Å². The Morgan fingerprint density at radius 1 is 1.16 bits per heavy atom. The second kappa shape index (κ2) is 7.71. The van der Waals surface area contributed by atoms with Crippen molar-refractivity contribution in [1.82, 2.24) is 19.7 Å². The van der Waals surface area contributed by atoms with Gasteiger partial charge in [-0.2, -0.15) is 5.10 Å². The molecule has 2 atom stereocenters. The van der Waals surface area contributed by atoms with Crippen LogP contribution in [0.4, 0.5) is 5.95 Å². The first kappa shape index (κ1) is 19.0. The molecule has 0 aliphatic carbocycles. The highest BCUT2D eigenvalue weighted by Crippen LogP contribution is 2.33. The minimum Gasteiger partial charge on any atom is -0.493 e. The fourth-order valence-electron chi connectivity index (χ4n) is 3.92. The van der Waals surface area contributed by atoms with Gasteiger partial charge in [0.15, 0.2) is 0 Å². The van der Waals surface area contributed by atoms with E-state index < -0.39 is 6.04 Å². The van der Waals surface area contributed by atoms with E-state index >= 15 is 0 Å². The molecule has 0 bridgehead atoms. The molecule has 0 radical (unpaired) electrons. The highest BCUT2D eigenvalue weighted by Gasteiger charge is 2.22. The molecule has 5 rings (SSSR count). The van der Waals surface area contributed by atoms with E-state index in [-0.39, 0.29) is 17.2 Å². The monoisotopic (exact) mass is 415 g/mol. The molecule has 3 heterocycles. The third kappa shape index (κ3) is 3.56. The van der Waals surface area contributed by atoms with Crippen LogP contribution in [0.5, 0.6) is 5.75 Å². The van der Waals surface area contributed by atoms with Crippen LogP contribution in [0.25, 0.3) is 10.8 Å². The van der Waals surface area contributed by atoms with Crippen LogP contribution in [0.15, 0.2) is 70.4 Å². The number of hydrogen-bond acceptors (Lipinski definition) is 6. The van der Waals surface area contributed by atoms with Gasteiger partial charge in [-0.15, -0.1) is 0 Å². The second-order valence-electron chi connectivity index (χ2n) is 7.55. The Morgan fingerprint density at radius 3 is 2.87 bits per heavy atom.